The van der Waals surface area contributed by atoms with E-state index in [1.54, 1.807) is 12.1 Å². The van der Waals surface area contributed by atoms with E-state index in [0.717, 1.165) is 28.3 Å². The van der Waals surface area contributed by atoms with Crippen LogP contribution in [0.25, 0.3) is 21.9 Å². The Hall–Kier alpha value is -2.80. The molecule has 4 rings (SSSR count). The highest BCUT2D eigenvalue weighted by atomic mass is 28.4. The zero-order valence-electron chi connectivity index (χ0n) is 22.7. The van der Waals surface area contributed by atoms with Gasteiger partial charge in [0.25, 0.3) is 8.32 Å². The molecule has 3 aromatic carbocycles. The number of hydrogen-bond acceptors (Lipinski definition) is 2. The van der Waals surface area contributed by atoms with Crippen molar-refractivity contribution in [3.05, 3.63) is 64.7 Å². The second-order valence-electron chi connectivity index (χ2n) is 11.7. The Morgan fingerprint density at radius 2 is 1.46 bits per heavy atom. The van der Waals surface area contributed by atoms with E-state index in [4.69, 9.17) is 4.43 Å². The Bertz CT molecular complexity index is 1370. The summed E-state index contributed by atoms with van der Waals surface area (Å²) in [5, 5.41) is 10.7. The molecule has 1 aliphatic carbocycles. The van der Waals surface area contributed by atoms with Gasteiger partial charge in [0.2, 0.25) is 0 Å². The summed E-state index contributed by atoms with van der Waals surface area (Å²) in [4.78, 5) is 11.8. The minimum atomic E-state index is -4.50. The molecule has 0 aromatic heterocycles. The molecule has 0 heterocycles. The molecule has 0 bridgehead atoms. The fourth-order valence-corrected chi connectivity index (χ4v) is 11.8. The Labute approximate surface area is 217 Å². The van der Waals surface area contributed by atoms with Crippen LogP contribution < -0.4 is 4.43 Å². The van der Waals surface area contributed by atoms with Crippen molar-refractivity contribution in [3.63, 3.8) is 0 Å². The maximum Gasteiger partial charge on any atom is 0.416 e. The Morgan fingerprint density at radius 1 is 0.865 bits per heavy atom. The first-order valence-corrected chi connectivity index (χ1v) is 14.9. The van der Waals surface area contributed by atoms with Crippen molar-refractivity contribution in [1.29, 1.82) is 0 Å². The van der Waals surface area contributed by atoms with E-state index in [0.29, 0.717) is 16.5 Å². The highest BCUT2D eigenvalue weighted by Crippen LogP contribution is 2.55. The van der Waals surface area contributed by atoms with E-state index in [2.05, 4.69) is 55.4 Å². The lowest BCUT2D eigenvalue weighted by molar-refractivity contribution is -0.137. The van der Waals surface area contributed by atoms with Crippen LogP contribution in [0.1, 0.15) is 82.4 Å². The molecule has 3 aromatic rings. The topological polar surface area (TPSA) is 46.5 Å². The van der Waals surface area contributed by atoms with E-state index in [1.165, 1.54) is 12.1 Å². The SMILES string of the molecule is CC(C)[Si](Oc1cc2c(c3ccc(C(F)(F)F)cc13)-c1cc(C(=O)O)ccc1C2(C)C)(C(C)C)C(C)C. The van der Waals surface area contributed by atoms with Crippen molar-refractivity contribution in [3.8, 4) is 16.9 Å². The van der Waals surface area contributed by atoms with Gasteiger partial charge in [0.1, 0.15) is 5.75 Å². The van der Waals surface area contributed by atoms with Gasteiger partial charge in [-0.05, 0) is 74.6 Å². The lowest BCUT2D eigenvalue weighted by Crippen LogP contribution is -2.50. The van der Waals surface area contributed by atoms with Gasteiger partial charge in [-0.2, -0.15) is 13.2 Å². The van der Waals surface area contributed by atoms with E-state index >= 15 is 0 Å². The number of fused-ring (bicyclic) bond motifs is 5. The average Bonchev–Trinajstić information content (AvgIpc) is 3.01. The van der Waals surface area contributed by atoms with E-state index < -0.39 is 31.4 Å². The molecule has 198 valence electrons. The van der Waals surface area contributed by atoms with Crippen LogP contribution in [0.4, 0.5) is 13.2 Å². The van der Waals surface area contributed by atoms with Crippen molar-refractivity contribution >= 4 is 25.1 Å². The molecular formula is C30H35F3O3Si. The zero-order valence-corrected chi connectivity index (χ0v) is 23.7. The van der Waals surface area contributed by atoms with Gasteiger partial charge in [-0.15, -0.1) is 0 Å². The van der Waals surface area contributed by atoms with Gasteiger partial charge in [-0.25, -0.2) is 4.79 Å². The number of aromatic carboxylic acids is 1. The monoisotopic (exact) mass is 528 g/mol. The molecule has 0 radical (unpaired) electrons. The Balaban J connectivity index is 2.11. The molecule has 0 spiro atoms. The van der Waals surface area contributed by atoms with Gasteiger partial charge in [0, 0.05) is 10.8 Å². The summed E-state index contributed by atoms with van der Waals surface area (Å²) in [5.74, 6) is -0.554. The smallest absolute Gasteiger partial charge is 0.416 e. The molecule has 0 amide bonds. The molecular weight excluding hydrogens is 493 g/mol. The average molecular weight is 529 g/mol. The van der Waals surface area contributed by atoms with Gasteiger partial charge in [-0.1, -0.05) is 67.5 Å². The van der Waals surface area contributed by atoms with Crippen LogP contribution in [0.3, 0.4) is 0 Å². The van der Waals surface area contributed by atoms with Crippen LogP contribution in [0.15, 0.2) is 42.5 Å². The summed E-state index contributed by atoms with van der Waals surface area (Å²) >= 11 is 0. The normalized spacial score (nSPS) is 15.0. The minimum absolute atomic E-state index is 0.147. The van der Waals surface area contributed by atoms with Gasteiger partial charge >= 0.3 is 12.1 Å². The summed E-state index contributed by atoms with van der Waals surface area (Å²) < 4.78 is 48.6. The summed E-state index contributed by atoms with van der Waals surface area (Å²) in [5.41, 5.74) is 3.08. The second-order valence-corrected chi connectivity index (χ2v) is 17.0. The lowest BCUT2D eigenvalue weighted by Gasteiger charge is -2.42. The van der Waals surface area contributed by atoms with Gasteiger partial charge in [-0.3, -0.25) is 0 Å². The first-order valence-electron chi connectivity index (χ1n) is 12.8. The third-order valence-corrected chi connectivity index (χ3v) is 14.3. The summed E-state index contributed by atoms with van der Waals surface area (Å²) in [6, 6.07) is 10.8. The number of rotatable bonds is 6. The van der Waals surface area contributed by atoms with Crippen molar-refractivity contribution in [2.75, 3.05) is 0 Å². The van der Waals surface area contributed by atoms with Crippen LogP contribution in [0.2, 0.25) is 16.6 Å². The molecule has 0 atom stereocenters. The van der Waals surface area contributed by atoms with Crippen LogP contribution in [-0.2, 0) is 11.6 Å². The Morgan fingerprint density at radius 3 is 1.97 bits per heavy atom. The standard InChI is InChI=1S/C30H35F3O3Si/c1-16(2)37(17(3)4,18(5)6)36-26-15-25-27(21-11-10-20(14-22(21)26)30(31,32)33)23-13-19(28(34)35)9-12-24(23)29(25,7)8/h9-18H,1-8H3,(H,34,35). The highest BCUT2D eigenvalue weighted by molar-refractivity contribution is 6.78. The van der Waals surface area contributed by atoms with Crippen LogP contribution in [0.5, 0.6) is 5.75 Å². The predicted octanol–water partition coefficient (Wildman–Crippen LogP) is 9.42. The molecule has 1 aliphatic rings. The molecule has 0 saturated heterocycles. The van der Waals surface area contributed by atoms with Gasteiger partial charge < -0.3 is 9.53 Å². The number of benzene rings is 3. The van der Waals surface area contributed by atoms with Crippen molar-refractivity contribution in [2.24, 2.45) is 0 Å². The van der Waals surface area contributed by atoms with Crippen LogP contribution in [-0.4, -0.2) is 19.4 Å². The number of hydrogen-bond donors (Lipinski definition) is 1. The third kappa shape index (κ3) is 4.15. The zero-order chi connectivity index (χ0) is 27.7. The number of carboxylic acid groups (broad SMARTS) is 1. The maximum atomic E-state index is 13.9. The summed E-state index contributed by atoms with van der Waals surface area (Å²) in [6.45, 7) is 17.0. The number of alkyl halides is 3. The van der Waals surface area contributed by atoms with Crippen molar-refractivity contribution in [1.82, 2.24) is 0 Å². The molecule has 1 N–H and O–H groups in total. The lowest BCUT2D eigenvalue weighted by atomic mass is 9.81. The number of carboxylic acids is 1. The van der Waals surface area contributed by atoms with E-state index in [9.17, 15) is 23.1 Å². The molecule has 0 unspecified atom stereocenters. The second kappa shape index (κ2) is 8.90. The van der Waals surface area contributed by atoms with Crippen LogP contribution in [0, 0.1) is 0 Å². The van der Waals surface area contributed by atoms with Crippen molar-refractivity contribution in [2.45, 2.75) is 83.6 Å². The quantitative estimate of drug-likeness (QED) is 0.324. The molecule has 0 saturated carbocycles. The van der Waals surface area contributed by atoms with E-state index in [-0.39, 0.29) is 22.2 Å². The minimum Gasteiger partial charge on any atom is -0.542 e. The first kappa shape index (κ1) is 27.2. The summed E-state index contributed by atoms with van der Waals surface area (Å²) in [6.07, 6.45) is -4.50. The first-order chi connectivity index (χ1) is 17.0. The van der Waals surface area contributed by atoms with Gasteiger partial charge in [0.05, 0.1) is 11.1 Å². The fourth-order valence-electron chi connectivity index (χ4n) is 6.55. The molecule has 7 heteroatoms. The fraction of sp³-hybridized carbons (Fsp3) is 0.433. The number of carbonyl (C=O) groups is 1. The summed E-state index contributed by atoms with van der Waals surface area (Å²) in [7, 11) is -2.49. The molecule has 0 aliphatic heterocycles. The maximum absolute atomic E-state index is 13.9. The third-order valence-electron chi connectivity index (χ3n) is 8.30. The molecule has 37 heavy (non-hydrogen) atoms. The van der Waals surface area contributed by atoms with Crippen molar-refractivity contribution < 1.29 is 27.5 Å². The highest BCUT2D eigenvalue weighted by Gasteiger charge is 2.48. The van der Waals surface area contributed by atoms with Gasteiger partial charge in [0.15, 0.2) is 0 Å². The molecule has 0 fully saturated rings. The van der Waals surface area contributed by atoms with Crippen LogP contribution >= 0.6 is 0 Å². The largest absolute Gasteiger partial charge is 0.542 e. The Kier molecular flexibility index (Phi) is 6.55. The number of halogens is 3. The van der Waals surface area contributed by atoms with E-state index in [1.807, 2.05) is 12.1 Å². The predicted molar refractivity (Wildman–Crippen MR) is 145 cm³/mol. The molecule has 3 nitrogen and oxygen atoms in total.